The number of hydrogen-bond donors (Lipinski definition) is 1. The van der Waals surface area contributed by atoms with Gasteiger partial charge in [-0.2, -0.15) is 0 Å². The molecular weight excluding hydrogens is 272 g/mol. The van der Waals surface area contributed by atoms with Crippen molar-refractivity contribution >= 4 is 27.1 Å². The predicted molar refractivity (Wildman–Crippen MR) is 74.4 cm³/mol. The van der Waals surface area contributed by atoms with Gasteiger partial charge >= 0.3 is 0 Å². The van der Waals surface area contributed by atoms with Gasteiger partial charge in [0, 0.05) is 23.8 Å². The molecular formula is C12H17ClN2O2S. The Morgan fingerprint density at radius 2 is 2.06 bits per heavy atom. The Hall–Kier alpha value is -0.780. The zero-order chi connectivity index (χ0) is 13.2. The molecule has 1 fully saturated rings. The normalized spacial score (nSPS) is 20.5. The molecule has 0 saturated carbocycles. The minimum atomic E-state index is -2.86. The molecule has 1 aromatic carbocycles. The van der Waals surface area contributed by atoms with Crippen LogP contribution in [0.3, 0.4) is 0 Å². The second-order valence-electron chi connectivity index (χ2n) is 4.62. The molecule has 1 aliphatic heterocycles. The second-order valence-corrected chi connectivity index (χ2v) is 7.36. The van der Waals surface area contributed by atoms with Crippen molar-refractivity contribution in [3.63, 3.8) is 0 Å². The Kier molecular flexibility index (Phi) is 4.14. The van der Waals surface area contributed by atoms with Gasteiger partial charge in [-0.15, -0.1) is 0 Å². The quantitative estimate of drug-likeness (QED) is 0.839. The maximum absolute atomic E-state index is 11.5. The molecule has 0 bridgehead atoms. The summed E-state index contributed by atoms with van der Waals surface area (Å²) in [6, 6.07) is 5.43. The van der Waals surface area contributed by atoms with Crippen molar-refractivity contribution in [3.05, 3.63) is 28.8 Å². The van der Waals surface area contributed by atoms with E-state index in [1.54, 1.807) is 6.07 Å². The van der Waals surface area contributed by atoms with E-state index in [1.807, 2.05) is 12.1 Å². The molecule has 0 atom stereocenters. The number of halogens is 1. The van der Waals surface area contributed by atoms with Gasteiger partial charge in [-0.3, -0.25) is 4.90 Å². The first kappa shape index (κ1) is 13.6. The number of hydrogen-bond acceptors (Lipinski definition) is 4. The number of nitrogen functional groups attached to an aromatic ring is 1. The van der Waals surface area contributed by atoms with Crippen LogP contribution in [0.2, 0.25) is 5.02 Å². The lowest BCUT2D eigenvalue weighted by molar-refractivity contribution is 0.288. The first-order chi connectivity index (χ1) is 8.46. The Morgan fingerprint density at radius 1 is 1.28 bits per heavy atom. The number of sulfone groups is 1. The summed E-state index contributed by atoms with van der Waals surface area (Å²) in [7, 11) is -2.86. The third-order valence-electron chi connectivity index (χ3n) is 3.15. The summed E-state index contributed by atoms with van der Waals surface area (Å²) < 4.78 is 23.0. The van der Waals surface area contributed by atoms with E-state index in [1.165, 1.54) is 0 Å². The van der Waals surface area contributed by atoms with Crippen molar-refractivity contribution in [3.8, 4) is 0 Å². The number of benzene rings is 1. The van der Waals surface area contributed by atoms with Crippen molar-refractivity contribution in [1.82, 2.24) is 4.90 Å². The summed E-state index contributed by atoms with van der Waals surface area (Å²) in [4.78, 5) is 2.13. The van der Waals surface area contributed by atoms with Gasteiger partial charge in [0.05, 0.1) is 11.5 Å². The topological polar surface area (TPSA) is 63.4 Å². The summed E-state index contributed by atoms with van der Waals surface area (Å²) in [5.41, 5.74) is 7.56. The Bertz CT molecular complexity index is 531. The summed E-state index contributed by atoms with van der Waals surface area (Å²) in [6.45, 7) is 2.05. The van der Waals surface area contributed by atoms with E-state index in [4.69, 9.17) is 17.3 Å². The van der Waals surface area contributed by atoms with Crippen LogP contribution < -0.4 is 5.73 Å². The molecule has 2 N–H and O–H groups in total. The van der Waals surface area contributed by atoms with Gasteiger partial charge in [-0.1, -0.05) is 17.7 Å². The van der Waals surface area contributed by atoms with Gasteiger partial charge in [0.2, 0.25) is 0 Å². The lowest BCUT2D eigenvalue weighted by Crippen LogP contribution is -2.27. The molecule has 0 radical (unpaired) electrons. The third-order valence-corrected chi connectivity index (χ3v) is 5.10. The second kappa shape index (κ2) is 5.47. The summed E-state index contributed by atoms with van der Waals surface area (Å²) in [5, 5.41) is 0.620. The lowest BCUT2D eigenvalue weighted by atomic mass is 10.1. The van der Waals surface area contributed by atoms with E-state index in [0.29, 0.717) is 36.0 Å². The smallest absolute Gasteiger partial charge is 0.151 e. The minimum Gasteiger partial charge on any atom is -0.398 e. The van der Waals surface area contributed by atoms with Gasteiger partial charge in [0.25, 0.3) is 0 Å². The molecule has 1 aromatic rings. The zero-order valence-corrected chi connectivity index (χ0v) is 11.7. The van der Waals surface area contributed by atoms with E-state index in [-0.39, 0.29) is 5.75 Å². The first-order valence-electron chi connectivity index (χ1n) is 5.93. The van der Waals surface area contributed by atoms with Crippen molar-refractivity contribution in [1.29, 1.82) is 0 Å². The molecule has 1 saturated heterocycles. The molecule has 18 heavy (non-hydrogen) atoms. The highest BCUT2D eigenvalue weighted by molar-refractivity contribution is 7.91. The molecule has 4 nitrogen and oxygen atoms in total. The third kappa shape index (κ3) is 3.60. The van der Waals surface area contributed by atoms with Crippen LogP contribution >= 0.6 is 11.6 Å². The van der Waals surface area contributed by atoms with Crippen LogP contribution in [0.25, 0.3) is 0 Å². The van der Waals surface area contributed by atoms with E-state index in [9.17, 15) is 8.42 Å². The monoisotopic (exact) mass is 288 g/mol. The average Bonchev–Trinajstić information content (AvgIpc) is 2.44. The molecule has 0 amide bonds. The van der Waals surface area contributed by atoms with Crippen molar-refractivity contribution in [2.45, 2.75) is 13.0 Å². The Labute approximate surface area is 113 Å². The maximum Gasteiger partial charge on any atom is 0.151 e. The van der Waals surface area contributed by atoms with Gasteiger partial charge in [-0.25, -0.2) is 8.42 Å². The first-order valence-corrected chi connectivity index (χ1v) is 8.13. The molecule has 100 valence electrons. The molecule has 0 aliphatic carbocycles. The highest BCUT2D eigenvalue weighted by Crippen LogP contribution is 2.20. The van der Waals surface area contributed by atoms with Crippen LogP contribution in [0.4, 0.5) is 5.69 Å². The Balaban J connectivity index is 2.05. The van der Waals surface area contributed by atoms with Gasteiger partial charge in [0.1, 0.15) is 0 Å². The van der Waals surface area contributed by atoms with Crippen LogP contribution in [0.5, 0.6) is 0 Å². The van der Waals surface area contributed by atoms with Gasteiger partial charge in [-0.05, 0) is 30.7 Å². The fourth-order valence-electron chi connectivity index (χ4n) is 2.10. The summed E-state index contributed by atoms with van der Waals surface area (Å²) in [5.74, 6) is 0.528. The standard InChI is InChI=1S/C12H17ClN2O2S/c13-11-3-2-10(12(14)8-11)9-15-4-1-6-18(16,17)7-5-15/h2-3,8H,1,4-7,9,14H2. The average molecular weight is 289 g/mol. The largest absolute Gasteiger partial charge is 0.398 e. The minimum absolute atomic E-state index is 0.237. The zero-order valence-electron chi connectivity index (χ0n) is 10.1. The fourth-order valence-corrected chi connectivity index (χ4v) is 3.59. The van der Waals surface area contributed by atoms with Gasteiger partial charge in [0.15, 0.2) is 9.84 Å². The SMILES string of the molecule is Nc1cc(Cl)ccc1CN1CCCS(=O)(=O)CC1. The molecule has 6 heteroatoms. The Morgan fingerprint density at radius 3 is 2.78 bits per heavy atom. The highest BCUT2D eigenvalue weighted by Gasteiger charge is 2.19. The van der Waals surface area contributed by atoms with Crippen molar-refractivity contribution in [2.24, 2.45) is 0 Å². The number of nitrogens with two attached hydrogens (primary N) is 1. The molecule has 0 spiro atoms. The fraction of sp³-hybridized carbons (Fsp3) is 0.500. The van der Waals surface area contributed by atoms with Crippen LogP contribution in [0.1, 0.15) is 12.0 Å². The van der Waals surface area contributed by atoms with Crippen LogP contribution in [-0.2, 0) is 16.4 Å². The lowest BCUT2D eigenvalue weighted by Gasteiger charge is -2.20. The van der Waals surface area contributed by atoms with E-state index in [2.05, 4.69) is 4.90 Å². The van der Waals surface area contributed by atoms with Crippen LogP contribution in [0, 0.1) is 0 Å². The molecule has 1 aliphatic rings. The number of rotatable bonds is 2. The van der Waals surface area contributed by atoms with Crippen LogP contribution in [-0.4, -0.2) is 37.9 Å². The molecule has 1 heterocycles. The predicted octanol–water partition coefficient (Wildman–Crippen LogP) is 1.54. The maximum atomic E-state index is 11.5. The summed E-state index contributed by atoms with van der Waals surface area (Å²) >= 11 is 5.85. The van der Waals surface area contributed by atoms with E-state index >= 15 is 0 Å². The van der Waals surface area contributed by atoms with Crippen molar-refractivity contribution < 1.29 is 8.42 Å². The molecule has 2 rings (SSSR count). The number of nitrogens with zero attached hydrogens (tertiary/aromatic N) is 1. The molecule has 0 unspecified atom stereocenters. The highest BCUT2D eigenvalue weighted by atomic mass is 35.5. The van der Waals surface area contributed by atoms with Crippen LogP contribution in [0.15, 0.2) is 18.2 Å². The van der Waals surface area contributed by atoms with E-state index < -0.39 is 9.84 Å². The molecule has 0 aromatic heterocycles. The number of anilines is 1. The van der Waals surface area contributed by atoms with E-state index in [0.717, 1.165) is 12.1 Å². The van der Waals surface area contributed by atoms with Crippen molar-refractivity contribution in [2.75, 3.05) is 30.3 Å². The van der Waals surface area contributed by atoms with Gasteiger partial charge < -0.3 is 5.73 Å². The summed E-state index contributed by atoms with van der Waals surface area (Å²) in [6.07, 6.45) is 0.690.